The van der Waals surface area contributed by atoms with E-state index in [1.165, 1.54) is 36.8 Å². The highest BCUT2D eigenvalue weighted by Crippen LogP contribution is 2.28. The highest BCUT2D eigenvalue weighted by Gasteiger charge is 2.21. The van der Waals surface area contributed by atoms with E-state index in [0.29, 0.717) is 6.04 Å². The lowest BCUT2D eigenvalue weighted by Gasteiger charge is -2.20. The van der Waals surface area contributed by atoms with Crippen LogP contribution in [0.15, 0.2) is 18.2 Å². The molecule has 0 amide bonds. The van der Waals surface area contributed by atoms with E-state index in [1.54, 1.807) is 0 Å². The van der Waals surface area contributed by atoms with Gasteiger partial charge >= 0.3 is 0 Å². The largest absolute Gasteiger partial charge is 0.493 e. The minimum absolute atomic E-state index is 0.650. The lowest BCUT2D eigenvalue weighted by molar-refractivity contribution is 0.356. The zero-order chi connectivity index (χ0) is 12.4. The maximum Gasteiger partial charge on any atom is 0.122 e. The van der Waals surface area contributed by atoms with Crippen molar-refractivity contribution in [2.45, 2.75) is 51.6 Å². The smallest absolute Gasteiger partial charge is 0.122 e. The van der Waals surface area contributed by atoms with Crippen LogP contribution in [0.3, 0.4) is 0 Å². The zero-order valence-corrected chi connectivity index (χ0v) is 11.2. The highest BCUT2D eigenvalue weighted by molar-refractivity contribution is 5.39. The molecule has 1 aliphatic heterocycles. The molecule has 0 bridgehead atoms. The Morgan fingerprint density at radius 3 is 3.00 bits per heavy atom. The molecule has 1 N–H and O–H groups in total. The molecule has 0 spiro atoms. The molecular weight excluding hydrogens is 222 g/mol. The summed E-state index contributed by atoms with van der Waals surface area (Å²) in [4.78, 5) is 0. The lowest BCUT2D eigenvalue weighted by atomic mass is 9.99. The fourth-order valence-electron chi connectivity index (χ4n) is 3.25. The summed E-state index contributed by atoms with van der Waals surface area (Å²) in [6.07, 6.45) is 6.74. The van der Waals surface area contributed by atoms with Crippen LogP contribution >= 0.6 is 0 Å². The zero-order valence-electron chi connectivity index (χ0n) is 11.2. The normalized spacial score (nSPS) is 20.7. The first kappa shape index (κ1) is 12.0. The highest BCUT2D eigenvalue weighted by atomic mass is 16.5. The molecule has 1 aromatic carbocycles. The second kappa shape index (κ2) is 5.31. The fourth-order valence-corrected chi connectivity index (χ4v) is 3.25. The molecule has 1 fully saturated rings. The number of hydrogen-bond donors (Lipinski definition) is 1. The minimum atomic E-state index is 0.650. The second-order valence-corrected chi connectivity index (χ2v) is 5.75. The van der Waals surface area contributed by atoms with Crippen molar-refractivity contribution in [2.75, 3.05) is 6.61 Å². The lowest BCUT2D eigenvalue weighted by Crippen LogP contribution is -2.31. The Bertz CT molecular complexity index is 410. The molecule has 2 nitrogen and oxygen atoms in total. The fraction of sp³-hybridized carbons (Fsp3) is 0.625. The average molecular weight is 245 g/mol. The average Bonchev–Trinajstić information content (AvgIpc) is 3.05. The number of ether oxygens (including phenoxy) is 1. The third kappa shape index (κ3) is 2.54. The minimum Gasteiger partial charge on any atom is -0.493 e. The van der Waals surface area contributed by atoms with Crippen molar-refractivity contribution in [1.29, 1.82) is 0 Å². The van der Waals surface area contributed by atoms with Gasteiger partial charge in [-0.2, -0.15) is 0 Å². The molecule has 0 aromatic heterocycles. The van der Waals surface area contributed by atoms with E-state index in [-0.39, 0.29) is 0 Å². The van der Waals surface area contributed by atoms with Crippen LogP contribution in [-0.2, 0) is 13.0 Å². The Balaban J connectivity index is 1.56. The SMILES string of the molecule is C[C@H](NCc1ccc2c(c1)CCO2)C1CCCC1. The van der Waals surface area contributed by atoms with Crippen LogP contribution in [0.5, 0.6) is 5.75 Å². The molecule has 0 saturated heterocycles. The Morgan fingerprint density at radius 2 is 2.17 bits per heavy atom. The van der Waals surface area contributed by atoms with Gasteiger partial charge in [0, 0.05) is 19.0 Å². The van der Waals surface area contributed by atoms with Gasteiger partial charge in [-0.3, -0.25) is 0 Å². The topological polar surface area (TPSA) is 21.3 Å². The van der Waals surface area contributed by atoms with Crippen LogP contribution in [0.25, 0.3) is 0 Å². The molecule has 3 rings (SSSR count). The second-order valence-electron chi connectivity index (χ2n) is 5.75. The molecule has 18 heavy (non-hydrogen) atoms. The van der Waals surface area contributed by atoms with E-state index >= 15 is 0 Å². The van der Waals surface area contributed by atoms with Crippen LogP contribution in [0, 0.1) is 5.92 Å². The van der Waals surface area contributed by atoms with E-state index in [0.717, 1.165) is 31.2 Å². The summed E-state index contributed by atoms with van der Waals surface area (Å²) < 4.78 is 5.54. The molecule has 1 atom stereocenters. The van der Waals surface area contributed by atoms with E-state index in [4.69, 9.17) is 4.74 Å². The van der Waals surface area contributed by atoms with Gasteiger partial charge in [0.2, 0.25) is 0 Å². The summed E-state index contributed by atoms with van der Waals surface area (Å²) in [5.41, 5.74) is 2.77. The molecule has 2 heteroatoms. The van der Waals surface area contributed by atoms with Gasteiger partial charge in [-0.05, 0) is 42.9 Å². The summed E-state index contributed by atoms with van der Waals surface area (Å²) in [5.74, 6) is 1.98. The van der Waals surface area contributed by atoms with E-state index < -0.39 is 0 Å². The number of rotatable bonds is 4. The third-order valence-electron chi connectivity index (χ3n) is 4.49. The van der Waals surface area contributed by atoms with Gasteiger partial charge in [0.25, 0.3) is 0 Å². The Labute approximate surface area is 110 Å². The summed E-state index contributed by atoms with van der Waals surface area (Å²) in [7, 11) is 0. The van der Waals surface area contributed by atoms with Crippen LogP contribution in [-0.4, -0.2) is 12.6 Å². The summed E-state index contributed by atoms with van der Waals surface area (Å²) in [6, 6.07) is 7.27. The van der Waals surface area contributed by atoms with Gasteiger partial charge in [-0.25, -0.2) is 0 Å². The molecule has 0 radical (unpaired) electrons. The van der Waals surface area contributed by atoms with E-state index in [9.17, 15) is 0 Å². The van der Waals surface area contributed by atoms with Crippen molar-refractivity contribution in [2.24, 2.45) is 5.92 Å². The summed E-state index contributed by atoms with van der Waals surface area (Å²) in [5, 5.41) is 3.69. The van der Waals surface area contributed by atoms with Crippen molar-refractivity contribution < 1.29 is 4.74 Å². The maximum atomic E-state index is 5.54. The molecule has 1 saturated carbocycles. The van der Waals surface area contributed by atoms with E-state index in [1.807, 2.05) is 0 Å². The van der Waals surface area contributed by atoms with E-state index in [2.05, 4.69) is 30.4 Å². The van der Waals surface area contributed by atoms with Gasteiger partial charge in [-0.15, -0.1) is 0 Å². The standard InChI is InChI=1S/C16H23NO/c1-12(14-4-2-3-5-14)17-11-13-6-7-16-15(10-13)8-9-18-16/h6-7,10,12,14,17H,2-5,8-9,11H2,1H3/t12-/m0/s1. The van der Waals surface area contributed by atoms with Crippen LogP contribution in [0.2, 0.25) is 0 Å². The van der Waals surface area contributed by atoms with Gasteiger partial charge in [0.05, 0.1) is 6.61 Å². The van der Waals surface area contributed by atoms with Gasteiger partial charge in [0.1, 0.15) is 5.75 Å². The number of nitrogens with one attached hydrogen (secondary N) is 1. The molecule has 1 aliphatic carbocycles. The van der Waals surface area contributed by atoms with Gasteiger partial charge in [-0.1, -0.05) is 25.0 Å². The molecule has 98 valence electrons. The number of benzene rings is 1. The quantitative estimate of drug-likeness (QED) is 0.879. The maximum absolute atomic E-state index is 5.54. The molecular formula is C16H23NO. The predicted molar refractivity (Wildman–Crippen MR) is 73.9 cm³/mol. The first-order chi connectivity index (χ1) is 8.83. The number of fused-ring (bicyclic) bond motifs is 1. The Hall–Kier alpha value is -1.02. The van der Waals surface area contributed by atoms with Crippen molar-refractivity contribution in [3.05, 3.63) is 29.3 Å². The number of hydrogen-bond acceptors (Lipinski definition) is 2. The van der Waals surface area contributed by atoms with Gasteiger partial charge in [0.15, 0.2) is 0 Å². The van der Waals surface area contributed by atoms with Crippen LogP contribution < -0.4 is 10.1 Å². The van der Waals surface area contributed by atoms with Crippen molar-refractivity contribution >= 4 is 0 Å². The molecule has 2 aliphatic rings. The Kier molecular flexibility index (Phi) is 3.55. The first-order valence-electron chi connectivity index (χ1n) is 7.31. The van der Waals surface area contributed by atoms with Crippen molar-refractivity contribution in [3.8, 4) is 5.75 Å². The molecule has 0 unspecified atom stereocenters. The molecule has 1 heterocycles. The van der Waals surface area contributed by atoms with Crippen LogP contribution in [0.4, 0.5) is 0 Å². The third-order valence-corrected chi connectivity index (χ3v) is 4.49. The van der Waals surface area contributed by atoms with Crippen molar-refractivity contribution in [1.82, 2.24) is 5.32 Å². The first-order valence-corrected chi connectivity index (χ1v) is 7.31. The van der Waals surface area contributed by atoms with Gasteiger partial charge < -0.3 is 10.1 Å². The predicted octanol–water partition coefficient (Wildman–Crippen LogP) is 3.29. The monoisotopic (exact) mass is 245 g/mol. The van der Waals surface area contributed by atoms with Crippen molar-refractivity contribution in [3.63, 3.8) is 0 Å². The van der Waals surface area contributed by atoms with Crippen LogP contribution in [0.1, 0.15) is 43.7 Å². The molecule has 1 aromatic rings. The Morgan fingerprint density at radius 1 is 1.33 bits per heavy atom. The summed E-state index contributed by atoms with van der Waals surface area (Å²) in [6.45, 7) is 4.18. The summed E-state index contributed by atoms with van der Waals surface area (Å²) >= 11 is 0.